The molecule has 258 valence electrons. The van der Waals surface area contributed by atoms with E-state index in [0.717, 1.165) is 50.8 Å². The molecule has 2 aromatic carbocycles. The van der Waals surface area contributed by atoms with Gasteiger partial charge in [0.05, 0.1) is 20.9 Å². The molecule has 2 amide bonds. The number of amides is 2. The number of carbonyl (C=O) groups is 2. The molecule has 1 fully saturated rings. The minimum Gasteiger partial charge on any atom is -0.350 e. The van der Waals surface area contributed by atoms with E-state index in [9.17, 15) is 35.2 Å². The third kappa shape index (κ3) is 7.59. The van der Waals surface area contributed by atoms with E-state index >= 15 is 0 Å². The number of ether oxygens (including phenoxy) is 1. The molecule has 0 saturated heterocycles. The highest BCUT2D eigenvalue weighted by atomic mass is 32.2. The van der Waals surface area contributed by atoms with E-state index in [-0.39, 0.29) is 34.0 Å². The number of likely N-dealkylation sites (N-methyl/N-ethyl adjacent to an activating group) is 1. The number of benzene rings is 2. The summed E-state index contributed by atoms with van der Waals surface area (Å²) in [5.74, 6) is -3.24. The van der Waals surface area contributed by atoms with Crippen LogP contribution in [0.4, 0.5) is 8.78 Å². The molecule has 47 heavy (non-hydrogen) atoms. The average molecular weight is 697 g/mol. The van der Waals surface area contributed by atoms with Crippen LogP contribution in [0.5, 0.6) is 0 Å². The number of nitrogens with zero attached hydrogens (tertiary/aromatic N) is 1. The summed E-state index contributed by atoms with van der Waals surface area (Å²) < 4.78 is 89.6. The second-order valence-electron chi connectivity index (χ2n) is 12.8. The summed E-state index contributed by atoms with van der Waals surface area (Å²) in [6, 6.07) is 8.21. The van der Waals surface area contributed by atoms with E-state index < -0.39 is 66.5 Å². The molecule has 1 atom stereocenters. The van der Waals surface area contributed by atoms with Crippen molar-refractivity contribution in [2.24, 2.45) is 5.73 Å². The number of sulfonamides is 1. The van der Waals surface area contributed by atoms with E-state index in [4.69, 9.17) is 10.5 Å². The monoisotopic (exact) mass is 696 g/mol. The number of rotatable bonds is 11. The molecule has 0 unspecified atom stereocenters. The molecule has 0 aromatic heterocycles. The van der Waals surface area contributed by atoms with Crippen LogP contribution in [0.2, 0.25) is 0 Å². The predicted molar refractivity (Wildman–Crippen MR) is 173 cm³/mol. The molecular formula is C32H42F2N4O7S2. The zero-order valence-corrected chi connectivity index (χ0v) is 28.8. The van der Waals surface area contributed by atoms with Gasteiger partial charge in [0.25, 0.3) is 5.91 Å². The standard InChI is InChI=1S/C32H42F2N4O7S2/c1-6-38(29(40)32(45-4,36-28(39)30(2,3)35)19-22-18-23(33)12-15-26(22)34)20-25-27(21-10-13-24(14-11-21)46(5,41)42)47(43,44)37-31(25)16-8-7-9-17-31/h10-15,18,37H,6-9,16-17,19-20,35H2,1-5H3,(H,36,39)/t32-/m1/s1. The predicted octanol–water partition coefficient (Wildman–Crippen LogP) is 3.00. The van der Waals surface area contributed by atoms with Crippen molar-refractivity contribution in [2.75, 3.05) is 26.5 Å². The Morgan fingerprint density at radius 2 is 1.70 bits per heavy atom. The zero-order chi connectivity index (χ0) is 35.0. The summed E-state index contributed by atoms with van der Waals surface area (Å²) >= 11 is 0. The molecule has 0 radical (unpaired) electrons. The van der Waals surface area contributed by atoms with Crippen LogP contribution in [0.3, 0.4) is 0 Å². The molecule has 1 spiro atoms. The normalized spacial score (nSPS) is 19.0. The summed E-state index contributed by atoms with van der Waals surface area (Å²) in [6.07, 6.45) is 3.68. The lowest BCUT2D eigenvalue weighted by molar-refractivity contribution is -0.164. The van der Waals surface area contributed by atoms with Crippen LogP contribution in [-0.2, 0) is 40.6 Å². The maximum Gasteiger partial charge on any atom is 0.276 e. The number of halogens is 2. The average Bonchev–Trinajstić information content (AvgIpc) is 3.20. The highest BCUT2D eigenvalue weighted by Crippen LogP contribution is 2.46. The second-order valence-corrected chi connectivity index (χ2v) is 16.4. The molecule has 1 aliphatic heterocycles. The van der Waals surface area contributed by atoms with E-state index in [0.29, 0.717) is 18.4 Å². The molecule has 2 aromatic rings. The fourth-order valence-corrected chi connectivity index (χ4v) is 8.77. The van der Waals surface area contributed by atoms with E-state index in [1.165, 1.54) is 43.0 Å². The lowest BCUT2D eigenvalue weighted by Crippen LogP contribution is -2.66. The number of methoxy groups -OCH3 is 1. The Balaban J connectivity index is 1.87. The lowest BCUT2D eigenvalue weighted by Gasteiger charge is -2.41. The maximum atomic E-state index is 14.9. The fourth-order valence-electron chi connectivity index (χ4n) is 6.16. The number of hydrogen-bond donors (Lipinski definition) is 3. The molecule has 2 aliphatic rings. The Morgan fingerprint density at radius 3 is 2.23 bits per heavy atom. The van der Waals surface area contributed by atoms with Gasteiger partial charge in [0, 0.05) is 32.9 Å². The van der Waals surface area contributed by atoms with Crippen molar-refractivity contribution in [1.82, 2.24) is 14.9 Å². The van der Waals surface area contributed by atoms with Gasteiger partial charge in [0.1, 0.15) is 11.6 Å². The van der Waals surface area contributed by atoms with Gasteiger partial charge in [-0.3, -0.25) is 9.59 Å². The van der Waals surface area contributed by atoms with Gasteiger partial charge in [-0.15, -0.1) is 0 Å². The van der Waals surface area contributed by atoms with Gasteiger partial charge in [-0.25, -0.2) is 30.3 Å². The third-order valence-electron chi connectivity index (χ3n) is 8.76. The van der Waals surface area contributed by atoms with Gasteiger partial charge >= 0.3 is 0 Å². The summed E-state index contributed by atoms with van der Waals surface area (Å²) in [6.45, 7) is 4.24. The van der Waals surface area contributed by atoms with Gasteiger partial charge in [-0.05, 0) is 80.6 Å². The Hall–Kier alpha value is -3.24. The largest absolute Gasteiger partial charge is 0.350 e. The van der Waals surface area contributed by atoms with E-state index in [2.05, 4.69) is 10.0 Å². The quantitative estimate of drug-likeness (QED) is 0.302. The first-order chi connectivity index (χ1) is 21.8. The second kappa shape index (κ2) is 13.3. The van der Waals surface area contributed by atoms with Gasteiger partial charge in [-0.1, -0.05) is 31.4 Å². The molecular weight excluding hydrogens is 655 g/mol. The number of carbonyl (C=O) groups excluding carboxylic acids is 2. The van der Waals surface area contributed by atoms with E-state index in [1.54, 1.807) is 6.92 Å². The smallest absolute Gasteiger partial charge is 0.276 e. The van der Waals surface area contributed by atoms with Crippen LogP contribution in [0.25, 0.3) is 4.91 Å². The molecule has 15 heteroatoms. The van der Waals surface area contributed by atoms with Gasteiger partial charge in [0.2, 0.25) is 21.7 Å². The Kier molecular flexibility index (Phi) is 10.4. The molecule has 1 heterocycles. The van der Waals surface area contributed by atoms with Gasteiger partial charge in [-0.2, -0.15) is 0 Å². The van der Waals surface area contributed by atoms with Crippen molar-refractivity contribution >= 4 is 36.6 Å². The van der Waals surface area contributed by atoms with Crippen molar-refractivity contribution in [2.45, 2.75) is 81.0 Å². The molecule has 11 nitrogen and oxygen atoms in total. The summed E-state index contributed by atoms with van der Waals surface area (Å²) in [4.78, 5) is 29.0. The van der Waals surface area contributed by atoms with Gasteiger partial charge < -0.3 is 20.7 Å². The molecule has 0 bridgehead atoms. The number of nitrogens with two attached hydrogens (primary N) is 1. The summed E-state index contributed by atoms with van der Waals surface area (Å²) in [5, 5.41) is 2.53. The first kappa shape index (κ1) is 36.6. The van der Waals surface area contributed by atoms with Gasteiger partial charge in [0.15, 0.2) is 9.84 Å². The van der Waals surface area contributed by atoms with Crippen LogP contribution in [0.15, 0.2) is 52.9 Å². The molecule has 4 rings (SSSR count). The zero-order valence-electron chi connectivity index (χ0n) is 27.2. The van der Waals surface area contributed by atoms with E-state index in [1.807, 2.05) is 0 Å². The van der Waals surface area contributed by atoms with Crippen molar-refractivity contribution < 1.29 is 39.9 Å². The Morgan fingerprint density at radius 1 is 1.09 bits per heavy atom. The van der Waals surface area contributed by atoms with Crippen molar-refractivity contribution in [3.05, 3.63) is 70.8 Å². The summed E-state index contributed by atoms with van der Waals surface area (Å²) in [7, 11) is -6.55. The SMILES string of the molecule is CCN(CC1=C(c2ccc(S(C)(=O)=O)cc2)S(=O)(=O)NC12CCCCC2)C(=O)[C@](Cc1cc(F)ccc1F)(NC(=O)C(C)(C)N)OC. The third-order valence-corrected chi connectivity index (χ3v) is 11.6. The summed E-state index contributed by atoms with van der Waals surface area (Å²) in [5.41, 5.74) is 1.63. The number of nitrogens with one attached hydrogen (secondary N) is 2. The number of sulfone groups is 1. The Bertz CT molecular complexity index is 1780. The molecule has 1 aliphatic carbocycles. The highest BCUT2D eigenvalue weighted by molar-refractivity contribution is 7.99. The minimum absolute atomic E-state index is 0.0113. The van der Waals surface area contributed by atoms with Crippen LogP contribution in [-0.4, -0.2) is 76.8 Å². The molecule has 4 N–H and O–H groups in total. The van der Waals surface area contributed by atoms with Crippen LogP contribution in [0.1, 0.15) is 64.0 Å². The first-order valence-electron chi connectivity index (χ1n) is 15.3. The van der Waals surface area contributed by atoms with Crippen LogP contribution >= 0.6 is 0 Å². The number of hydrogen-bond acceptors (Lipinski definition) is 8. The Labute approximate surface area is 274 Å². The lowest BCUT2D eigenvalue weighted by atomic mass is 9.76. The molecule has 1 saturated carbocycles. The fraction of sp³-hybridized carbons (Fsp3) is 0.500. The maximum absolute atomic E-state index is 14.9. The topological polar surface area (TPSA) is 165 Å². The first-order valence-corrected chi connectivity index (χ1v) is 18.6. The van der Waals surface area contributed by atoms with Crippen LogP contribution < -0.4 is 15.8 Å². The van der Waals surface area contributed by atoms with Crippen molar-refractivity contribution in [1.29, 1.82) is 0 Å². The highest BCUT2D eigenvalue weighted by Gasteiger charge is 2.51. The minimum atomic E-state index is -4.13. The van der Waals surface area contributed by atoms with Crippen molar-refractivity contribution in [3.8, 4) is 0 Å². The van der Waals surface area contributed by atoms with Crippen LogP contribution in [0, 0.1) is 11.6 Å². The van der Waals surface area contributed by atoms with Crippen molar-refractivity contribution in [3.63, 3.8) is 0 Å².